The number of carbonyl (C=O) groups excluding carboxylic acids is 1. The topological polar surface area (TPSA) is 57.7 Å². The van der Waals surface area contributed by atoms with Crippen LogP contribution in [-0.4, -0.2) is 68.6 Å². The van der Waals surface area contributed by atoms with Crippen molar-refractivity contribution in [3.63, 3.8) is 0 Å². The first-order valence-electron chi connectivity index (χ1n) is 8.48. The van der Waals surface area contributed by atoms with Crippen molar-refractivity contribution in [2.45, 2.75) is 40.0 Å². The van der Waals surface area contributed by atoms with E-state index in [0.29, 0.717) is 17.9 Å². The Morgan fingerprint density at radius 1 is 1.20 bits per heavy atom. The number of rotatable bonds is 8. The number of benzene rings is 1. The van der Waals surface area contributed by atoms with Crippen molar-refractivity contribution < 1.29 is 13.2 Å². The van der Waals surface area contributed by atoms with Crippen LogP contribution in [0.3, 0.4) is 0 Å². The van der Waals surface area contributed by atoms with E-state index in [0.717, 1.165) is 4.47 Å². The molecule has 142 valence electrons. The maximum atomic E-state index is 12.8. The van der Waals surface area contributed by atoms with Crippen molar-refractivity contribution >= 4 is 53.6 Å². The van der Waals surface area contributed by atoms with Crippen LogP contribution in [0.2, 0.25) is 14.8 Å². The van der Waals surface area contributed by atoms with E-state index in [1.807, 2.05) is 19.1 Å². The Labute approximate surface area is 164 Å². The van der Waals surface area contributed by atoms with Crippen LogP contribution in [-0.2, 0) is 14.6 Å². The van der Waals surface area contributed by atoms with Crippen molar-refractivity contribution in [2.24, 2.45) is 0 Å². The van der Waals surface area contributed by atoms with E-state index in [1.165, 1.54) is 3.58 Å². The van der Waals surface area contributed by atoms with Crippen molar-refractivity contribution in [1.82, 2.24) is 10.0 Å². The molecule has 0 aliphatic carbocycles. The molecule has 0 fully saturated rings. The summed E-state index contributed by atoms with van der Waals surface area (Å²) in [5, 5.41) is 3.29. The van der Waals surface area contributed by atoms with Gasteiger partial charge in [0, 0.05) is 0 Å². The second-order valence-electron chi connectivity index (χ2n) is 7.05. The molecule has 0 bridgehead atoms. The second-order valence-corrected chi connectivity index (χ2v) is 24.4. The molecule has 5 nitrogen and oxygen atoms in total. The Morgan fingerprint density at radius 3 is 2.28 bits per heavy atom. The minimum atomic E-state index is -3.40. The summed E-state index contributed by atoms with van der Waals surface area (Å²) < 4.78 is 27.7. The monoisotopic (exact) mass is 540 g/mol. The summed E-state index contributed by atoms with van der Waals surface area (Å²) in [6, 6.07) is 5.34. The molecule has 0 saturated carbocycles. The fourth-order valence-corrected chi connectivity index (χ4v) is 12.4. The number of hydrogen-bond donors (Lipinski definition) is 0. The molecular formula is C17H29BrN2O3SSn. The number of hydrazine groups is 1. The van der Waals surface area contributed by atoms with Gasteiger partial charge in [0.2, 0.25) is 0 Å². The van der Waals surface area contributed by atoms with Gasteiger partial charge in [-0.2, -0.15) is 0 Å². The van der Waals surface area contributed by atoms with Gasteiger partial charge in [-0.05, 0) is 0 Å². The van der Waals surface area contributed by atoms with Crippen LogP contribution >= 0.6 is 15.9 Å². The van der Waals surface area contributed by atoms with Crippen LogP contribution in [0.4, 0.5) is 0 Å². The molecule has 0 N–H and O–H groups in total. The van der Waals surface area contributed by atoms with Crippen LogP contribution in [0, 0.1) is 0 Å². The Balaban J connectivity index is 2.98. The SMILES string of the molecule is CCC(=O)N(CC)N(C)CCS(=O)(=O)c1ccc(Br)[c]([Sn]([CH3])([CH3])[CH3])c1. The first-order valence-corrected chi connectivity index (χ1v) is 20.9. The van der Waals surface area contributed by atoms with Gasteiger partial charge in [-0.3, -0.25) is 0 Å². The number of sulfone groups is 1. The van der Waals surface area contributed by atoms with Gasteiger partial charge < -0.3 is 0 Å². The normalized spacial score (nSPS) is 12.5. The summed E-state index contributed by atoms with van der Waals surface area (Å²) in [6.07, 6.45) is 0.402. The van der Waals surface area contributed by atoms with Gasteiger partial charge in [-0.25, -0.2) is 0 Å². The fourth-order valence-electron chi connectivity index (χ4n) is 2.55. The molecule has 0 heterocycles. The zero-order chi connectivity index (χ0) is 19.4. The summed E-state index contributed by atoms with van der Waals surface area (Å²) >= 11 is 1.14. The number of nitrogens with zero attached hydrogens (tertiary/aromatic N) is 2. The molecule has 0 aliphatic rings. The maximum absolute atomic E-state index is 12.8. The zero-order valence-electron chi connectivity index (χ0n) is 16.0. The predicted molar refractivity (Wildman–Crippen MR) is 109 cm³/mol. The summed E-state index contributed by atoms with van der Waals surface area (Å²) in [6.45, 7) is 4.50. The summed E-state index contributed by atoms with van der Waals surface area (Å²) in [5.74, 6) is -0.0207. The third-order valence-electron chi connectivity index (χ3n) is 4.09. The molecule has 0 aromatic heterocycles. The molecule has 0 radical (unpaired) electrons. The van der Waals surface area contributed by atoms with E-state index in [-0.39, 0.29) is 18.2 Å². The van der Waals surface area contributed by atoms with E-state index < -0.39 is 28.2 Å². The van der Waals surface area contributed by atoms with E-state index in [1.54, 1.807) is 30.1 Å². The van der Waals surface area contributed by atoms with Crippen molar-refractivity contribution in [3.05, 3.63) is 22.7 Å². The van der Waals surface area contributed by atoms with E-state index in [4.69, 9.17) is 0 Å². The summed E-state index contributed by atoms with van der Waals surface area (Å²) in [7, 11) is -1.64. The molecule has 1 rings (SSSR count). The molecule has 1 aromatic rings. The van der Waals surface area contributed by atoms with Gasteiger partial charge >= 0.3 is 165 Å². The molecule has 0 saturated heterocycles. The van der Waals surface area contributed by atoms with E-state index in [9.17, 15) is 13.2 Å². The van der Waals surface area contributed by atoms with Crippen LogP contribution in [0.5, 0.6) is 0 Å². The number of carbonyl (C=O) groups is 1. The predicted octanol–water partition coefficient (Wildman–Crippen LogP) is 2.87. The van der Waals surface area contributed by atoms with Crippen molar-refractivity contribution in [2.75, 3.05) is 25.9 Å². The third kappa shape index (κ3) is 6.22. The molecule has 0 atom stereocenters. The van der Waals surface area contributed by atoms with Crippen LogP contribution in [0.1, 0.15) is 20.3 Å². The molecule has 1 amide bonds. The van der Waals surface area contributed by atoms with Crippen molar-refractivity contribution in [3.8, 4) is 0 Å². The molecule has 0 aliphatic heterocycles. The van der Waals surface area contributed by atoms with Crippen LogP contribution in [0.15, 0.2) is 27.6 Å². The van der Waals surface area contributed by atoms with Crippen LogP contribution in [0.25, 0.3) is 0 Å². The average Bonchev–Trinajstić information content (AvgIpc) is 2.52. The molecule has 8 heteroatoms. The minimum absolute atomic E-state index is 0.00451. The third-order valence-corrected chi connectivity index (χ3v) is 13.3. The van der Waals surface area contributed by atoms with Gasteiger partial charge in [0.25, 0.3) is 0 Å². The Hall–Kier alpha value is -0.121. The van der Waals surface area contributed by atoms with Crippen LogP contribution < -0.4 is 3.58 Å². The van der Waals surface area contributed by atoms with Gasteiger partial charge in [-0.1, -0.05) is 0 Å². The van der Waals surface area contributed by atoms with E-state index in [2.05, 4.69) is 30.7 Å². The Bertz CT molecular complexity index is 717. The quantitative estimate of drug-likeness (QED) is 0.376. The molecule has 25 heavy (non-hydrogen) atoms. The van der Waals surface area contributed by atoms with Gasteiger partial charge in [0.05, 0.1) is 0 Å². The fraction of sp³-hybridized carbons (Fsp3) is 0.588. The first-order chi connectivity index (χ1) is 11.4. The molecule has 0 spiro atoms. The Kier molecular flexibility index (Phi) is 8.43. The van der Waals surface area contributed by atoms with E-state index >= 15 is 0 Å². The van der Waals surface area contributed by atoms with Gasteiger partial charge in [0.15, 0.2) is 0 Å². The first kappa shape index (κ1) is 22.9. The standard InChI is InChI=1S/C14H20BrN2O3S.3CH3.Sn/c1-4-14(18)17(5-2)16(3)10-11-21(19,20)13-8-6-12(15)7-9-13;;;;/h6,8-9H,4-5,10-11H2,1-3H3;3*1H3;. The summed E-state index contributed by atoms with van der Waals surface area (Å²) in [5.41, 5.74) is 0. The molecule has 1 aromatic carbocycles. The summed E-state index contributed by atoms with van der Waals surface area (Å²) in [4.78, 5) is 19.1. The van der Waals surface area contributed by atoms with Crippen molar-refractivity contribution in [1.29, 1.82) is 0 Å². The number of halogens is 1. The number of amides is 1. The zero-order valence-corrected chi connectivity index (χ0v) is 21.2. The second kappa shape index (κ2) is 9.19. The van der Waals surface area contributed by atoms with Gasteiger partial charge in [0.1, 0.15) is 0 Å². The average molecular weight is 540 g/mol. The molecule has 0 unspecified atom stereocenters. The molecular weight excluding hydrogens is 511 g/mol. The Morgan fingerprint density at radius 2 is 1.80 bits per heavy atom. The number of hydrogen-bond acceptors (Lipinski definition) is 4. The van der Waals surface area contributed by atoms with Gasteiger partial charge in [-0.15, -0.1) is 0 Å².